The van der Waals surface area contributed by atoms with E-state index in [4.69, 9.17) is 9.15 Å². The maximum absolute atomic E-state index is 12.8. The Balaban J connectivity index is 1.56. The van der Waals surface area contributed by atoms with Crippen LogP contribution < -0.4 is 15.7 Å². The van der Waals surface area contributed by atoms with Gasteiger partial charge < -0.3 is 14.5 Å². The first-order valence-electron chi connectivity index (χ1n) is 10.7. The predicted octanol–water partition coefficient (Wildman–Crippen LogP) is 4.77. The molecule has 6 heteroatoms. The summed E-state index contributed by atoms with van der Waals surface area (Å²) in [5.41, 5.74) is 2.45. The number of hydrogen-bond acceptors (Lipinski definition) is 5. The Hall–Kier alpha value is -3.12. The van der Waals surface area contributed by atoms with Crippen LogP contribution in [0.4, 0.5) is 5.69 Å². The minimum atomic E-state index is -0.661. The van der Waals surface area contributed by atoms with Crippen molar-refractivity contribution >= 4 is 22.6 Å². The second-order valence-electron chi connectivity index (χ2n) is 8.34. The zero-order chi connectivity index (χ0) is 22.0. The Morgan fingerprint density at radius 1 is 1.13 bits per heavy atom. The number of ether oxygens (including phenoxy) is 1. The van der Waals surface area contributed by atoms with Crippen LogP contribution in [0, 0.1) is 0 Å². The number of hydrogen-bond donors (Lipinski definition) is 1. The molecule has 1 saturated heterocycles. The third-order valence-corrected chi connectivity index (χ3v) is 5.76. The fourth-order valence-corrected chi connectivity index (χ4v) is 4.16. The van der Waals surface area contributed by atoms with E-state index in [0.29, 0.717) is 22.4 Å². The molecule has 0 aliphatic carbocycles. The summed E-state index contributed by atoms with van der Waals surface area (Å²) < 4.78 is 11.0. The molecule has 1 N–H and O–H groups in total. The van der Waals surface area contributed by atoms with Gasteiger partial charge in [-0.1, -0.05) is 26.0 Å². The maximum Gasteiger partial charge on any atom is 0.349 e. The summed E-state index contributed by atoms with van der Waals surface area (Å²) in [4.78, 5) is 27.8. The number of rotatable bonds is 6. The average molecular weight is 421 g/mol. The maximum atomic E-state index is 12.8. The monoisotopic (exact) mass is 420 g/mol. The number of nitrogens with zero attached hydrogens (tertiary/aromatic N) is 1. The van der Waals surface area contributed by atoms with Gasteiger partial charge in [-0.2, -0.15) is 0 Å². The van der Waals surface area contributed by atoms with Crippen LogP contribution >= 0.6 is 0 Å². The molecule has 0 unspecified atom stereocenters. The van der Waals surface area contributed by atoms with Gasteiger partial charge >= 0.3 is 5.63 Å². The molecular formula is C25H28N2O4. The number of methoxy groups -OCH3 is 1. The van der Waals surface area contributed by atoms with Crippen LogP contribution in [0.2, 0.25) is 0 Å². The first-order valence-corrected chi connectivity index (χ1v) is 10.7. The highest BCUT2D eigenvalue weighted by molar-refractivity contribution is 6.05. The molecule has 2 aromatic carbocycles. The van der Waals surface area contributed by atoms with E-state index in [0.717, 1.165) is 25.2 Å². The first-order chi connectivity index (χ1) is 15.0. The smallest absolute Gasteiger partial charge is 0.349 e. The second-order valence-corrected chi connectivity index (χ2v) is 8.34. The number of nitrogens with one attached hydrogen (secondary N) is 1. The molecule has 2 heterocycles. The zero-order valence-electron chi connectivity index (χ0n) is 18.2. The van der Waals surface area contributed by atoms with Gasteiger partial charge in [0, 0.05) is 23.2 Å². The summed E-state index contributed by atoms with van der Waals surface area (Å²) in [7, 11) is 1.59. The first kappa shape index (κ1) is 21.1. The standard InChI is InChI=1S/C25H28N2O4/c1-16(2)22-21(30-3)11-8-18-14-20(25(29)31-23(18)22)24(28)26-19-9-6-17(7-10-19)15-27-12-4-5-13-27/h6-11,14,16H,4-5,12-13,15H2,1-3H3,(H,26,28). The van der Waals surface area contributed by atoms with Gasteiger partial charge in [-0.05, 0) is 67.7 Å². The summed E-state index contributed by atoms with van der Waals surface area (Å²) in [5, 5.41) is 3.50. The summed E-state index contributed by atoms with van der Waals surface area (Å²) in [6.45, 7) is 7.21. The van der Waals surface area contributed by atoms with Crippen LogP contribution in [0.25, 0.3) is 11.0 Å². The van der Waals surface area contributed by atoms with Crippen molar-refractivity contribution in [2.45, 2.75) is 39.2 Å². The highest BCUT2D eigenvalue weighted by Crippen LogP contribution is 2.33. The van der Waals surface area contributed by atoms with Gasteiger partial charge in [0.1, 0.15) is 16.9 Å². The van der Waals surface area contributed by atoms with E-state index in [1.807, 2.05) is 44.2 Å². The molecule has 1 fully saturated rings. The molecule has 6 nitrogen and oxygen atoms in total. The molecule has 162 valence electrons. The summed E-state index contributed by atoms with van der Waals surface area (Å²) in [5.74, 6) is 0.280. The van der Waals surface area contributed by atoms with Crippen molar-refractivity contribution in [3.63, 3.8) is 0 Å². The number of anilines is 1. The van der Waals surface area contributed by atoms with Crippen LogP contribution in [-0.4, -0.2) is 31.0 Å². The van der Waals surface area contributed by atoms with Crippen molar-refractivity contribution in [3.8, 4) is 5.75 Å². The molecule has 1 aromatic heterocycles. The third kappa shape index (κ3) is 4.49. The van der Waals surface area contributed by atoms with E-state index in [1.54, 1.807) is 19.2 Å². The number of carbonyl (C=O) groups is 1. The molecule has 0 bridgehead atoms. The van der Waals surface area contributed by atoms with E-state index >= 15 is 0 Å². The summed E-state index contributed by atoms with van der Waals surface area (Å²) in [6.07, 6.45) is 2.52. The molecule has 1 aliphatic rings. The van der Waals surface area contributed by atoms with Crippen LogP contribution in [0.5, 0.6) is 5.75 Å². The highest BCUT2D eigenvalue weighted by Gasteiger charge is 2.19. The van der Waals surface area contributed by atoms with Gasteiger partial charge in [-0.3, -0.25) is 9.69 Å². The van der Waals surface area contributed by atoms with Crippen molar-refractivity contribution in [3.05, 3.63) is 69.6 Å². The fraction of sp³-hybridized carbons (Fsp3) is 0.360. The average Bonchev–Trinajstić information content (AvgIpc) is 3.26. The van der Waals surface area contributed by atoms with Crippen molar-refractivity contribution in [1.29, 1.82) is 0 Å². The number of carbonyl (C=O) groups excluding carboxylic acids is 1. The Bertz CT molecular complexity index is 1140. The third-order valence-electron chi connectivity index (χ3n) is 5.76. The van der Waals surface area contributed by atoms with Gasteiger partial charge in [-0.15, -0.1) is 0 Å². The van der Waals surface area contributed by atoms with E-state index < -0.39 is 11.5 Å². The molecule has 0 atom stereocenters. The van der Waals surface area contributed by atoms with E-state index in [1.165, 1.54) is 18.4 Å². The van der Waals surface area contributed by atoms with Crippen molar-refractivity contribution in [1.82, 2.24) is 4.90 Å². The van der Waals surface area contributed by atoms with E-state index in [-0.39, 0.29) is 11.5 Å². The van der Waals surface area contributed by atoms with Gasteiger partial charge in [0.05, 0.1) is 7.11 Å². The van der Waals surface area contributed by atoms with Gasteiger partial charge in [0.25, 0.3) is 5.91 Å². The lowest BCUT2D eigenvalue weighted by Crippen LogP contribution is -2.21. The predicted molar refractivity (Wildman–Crippen MR) is 122 cm³/mol. The Kier molecular flexibility index (Phi) is 6.09. The molecule has 3 aromatic rings. The largest absolute Gasteiger partial charge is 0.496 e. The molecule has 31 heavy (non-hydrogen) atoms. The normalized spacial score (nSPS) is 14.3. The number of benzene rings is 2. The number of fused-ring (bicyclic) bond motifs is 1. The fourth-order valence-electron chi connectivity index (χ4n) is 4.16. The second kappa shape index (κ2) is 8.94. The number of amides is 1. The Morgan fingerprint density at radius 3 is 2.48 bits per heavy atom. The van der Waals surface area contributed by atoms with Crippen LogP contribution in [-0.2, 0) is 6.54 Å². The van der Waals surface area contributed by atoms with Gasteiger partial charge in [0.2, 0.25) is 0 Å². The lowest BCUT2D eigenvalue weighted by Gasteiger charge is -2.15. The SMILES string of the molecule is COc1ccc2cc(C(=O)Nc3ccc(CN4CCCC4)cc3)c(=O)oc2c1C(C)C. The van der Waals surface area contributed by atoms with Crippen molar-refractivity contribution < 1.29 is 13.9 Å². The minimum absolute atomic E-state index is 0.0199. The minimum Gasteiger partial charge on any atom is -0.496 e. The van der Waals surface area contributed by atoms with Crippen LogP contribution in [0.3, 0.4) is 0 Å². The van der Waals surface area contributed by atoms with E-state index in [2.05, 4.69) is 10.2 Å². The summed E-state index contributed by atoms with van der Waals surface area (Å²) >= 11 is 0. The molecule has 4 rings (SSSR count). The van der Waals surface area contributed by atoms with Crippen LogP contribution in [0.1, 0.15) is 54.1 Å². The van der Waals surface area contributed by atoms with Gasteiger partial charge in [-0.25, -0.2) is 4.79 Å². The molecule has 0 saturated carbocycles. The molecule has 0 radical (unpaired) electrons. The van der Waals surface area contributed by atoms with Crippen molar-refractivity contribution in [2.75, 3.05) is 25.5 Å². The molecular weight excluding hydrogens is 392 g/mol. The highest BCUT2D eigenvalue weighted by atomic mass is 16.5. The Labute approximate surface area is 181 Å². The quantitative estimate of drug-likeness (QED) is 0.582. The molecule has 1 amide bonds. The molecule has 1 aliphatic heterocycles. The topological polar surface area (TPSA) is 71.8 Å². The summed E-state index contributed by atoms with van der Waals surface area (Å²) in [6, 6.07) is 13.0. The van der Waals surface area contributed by atoms with E-state index in [9.17, 15) is 9.59 Å². The molecule has 0 spiro atoms. The zero-order valence-corrected chi connectivity index (χ0v) is 18.2. The lowest BCUT2D eigenvalue weighted by molar-refractivity contribution is 0.102. The van der Waals surface area contributed by atoms with Crippen LogP contribution in [0.15, 0.2) is 51.7 Å². The number of likely N-dealkylation sites (tertiary alicyclic amines) is 1. The van der Waals surface area contributed by atoms with Crippen molar-refractivity contribution in [2.24, 2.45) is 0 Å². The Morgan fingerprint density at radius 2 is 1.84 bits per heavy atom. The van der Waals surface area contributed by atoms with Gasteiger partial charge in [0.15, 0.2) is 0 Å². The lowest BCUT2D eigenvalue weighted by atomic mass is 9.98.